The van der Waals surface area contributed by atoms with Crippen LogP contribution in [0.15, 0.2) is 15.7 Å². The van der Waals surface area contributed by atoms with Crippen LogP contribution in [0.5, 0.6) is 0 Å². The van der Waals surface area contributed by atoms with E-state index in [-0.39, 0.29) is 0 Å². The van der Waals surface area contributed by atoms with E-state index in [2.05, 4.69) is 25.9 Å². The molecule has 2 nitrogen and oxygen atoms in total. The first-order valence-corrected chi connectivity index (χ1v) is 4.31. The summed E-state index contributed by atoms with van der Waals surface area (Å²) in [4.78, 5) is 8.15. The van der Waals surface area contributed by atoms with Crippen LogP contribution in [0.2, 0.25) is 5.02 Å². The Morgan fingerprint density at radius 3 is 3.18 bits per heavy atom. The fourth-order valence-electron chi connectivity index (χ4n) is 1.01. The lowest BCUT2D eigenvalue weighted by molar-refractivity contribution is 1.23. The average molecular weight is 231 g/mol. The van der Waals surface area contributed by atoms with Crippen LogP contribution in [-0.2, 0) is 6.42 Å². The minimum atomic E-state index is 0.729. The SMILES string of the molecule is Clc1c(Br)cnc2c1CC=N2. The van der Waals surface area contributed by atoms with Crippen LogP contribution < -0.4 is 0 Å². The molecule has 2 heterocycles. The van der Waals surface area contributed by atoms with Crippen molar-refractivity contribution in [3.05, 3.63) is 21.3 Å². The zero-order valence-corrected chi connectivity index (χ0v) is 7.85. The number of pyridine rings is 1. The lowest BCUT2D eigenvalue weighted by atomic mass is 10.2. The predicted molar refractivity (Wildman–Crippen MR) is 48.8 cm³/mol. The Morgan fingerprint density at radius 2 is 2.36 bits per heavy atom. The molecule has 2 rings (SSSR count). The lowest BCUT2D eigenvalue weighted by Crippen LogP contribution is -1.84. The lowest BCUT2D eigenvalue weighted by Gasteiger charge is -2.00. The van der Waals surface area contributed by atoms with Crippen molar-refractivity contribution in [1.29, 1.82) is 0 Å². The largest absolute Gasteiger partial charge is 0.241 e. The van der Waals surface area contributed by atoms with E-state index >= 15 is 0 Å². The number of fused-ring (bicyclic) bond motifs is 1. The molecule has 1 aliphatic rings. The number of hydrogen-bond acceptors (Lipinski definition) is 2. The first-order chi connectivity index (χ1) is 5.29. The maximum atomic E-state index is 5.97. The summed E-state index contributed by atoms with van der Waals surface area (Å²) in [6.45, 7) is 0. The van der Waals surface area contributed by atoms with Crippen molar-refractivity contribution in [2.75, 3.05) is 0 Å². The van der Waals surface area contributed by atoms with Gasteiger partial charge in [-0.25, -0.2) is 9.98 Å². The molecule has 0 unspecified atom stereocenters. The minimum absolute atomic E-state index is 0.729. The van der Waals surface area contributed by atoms with E-state index in [0.29, 0.717) is 0 Å². The van der Waals surface area contributed by atoms with Crippen LogP contribution in [0.4, 0.5) is 5.82 Å². The van der Waals surface area contributed by atoms with E-state index in [4.69, 9.17) is 11.6 Å². The predicted octanol–water partition coefficient (Wildman–Crippen LogP) is 2.76. The maximum Gasteiger partial charge on any atom is 0.156 e. The van der Waals surface area contributed by atoms with Gasteiger partial charge in [-0.15, -0.1) is 0 Å². The smallest absolute Gasteiger partial charge is 0.156 e. The topological polar surface area (TPSA) is 25.2 Å². The molecule has 11 heavy (non-hydrogen) atoms. The number of rotatable bonds is 0. The Morgan fingerprint density at radius 1 is 1.55 bits per heavy atom. The van der Waals surface area contributed by atoms with Gasteiger partial charge in [-0.3, -0.25) is 0 Å². The number of aliphatic imine (C=N–C) groups is 1. The van der Waals surface area contributed by atoms with Crippen LogP contribution in [0.1, 0.15) is 5.56 Å². The van der Waals surface area contributed by atoms with Gasteiger partial charge in [0.05, 0.1) is 9.50 Å². The molecule has 0 radical (unpaired) electrons. The summed E-state index contributed by atoms with van der Waals surface area (Å²) >= 11 is 9.27. The van der Waals surface area contributed by atoms with Gasteiger partial charge in [0.15, 0.2) is 5.82 Å². The first-order valence-electron chi connectivity index (χ1n) is 3.14. The highest BCUT2D eigenvalue weighted by molar-refractivity contribution is 9.10. The standard InChI is InChI=1S/C7H4BrClN2/c8-5-3-11-7-4(6(5)9)1-2-10-7/h2-3H,1H2. The monoisotopic (exact) mass is 230 g/mol. The normalized spacial score (nSPS) is 13.6. The third kappa shape index (κ3) is 1.08. The van der Waals surface area contributed by atoms with Crippen molar-refractivity contribution < 1.29 is 0 Å². The van der Waals surface area contributed by atoms with Crippen LogP contribution in [-0.4, -0.2) is 11.2 Å². The van der Waals surface area contributed by atoms with Gasteiger partial charge in [0.1, 0.15) is 0 Å². The molecule has 0 saturated carbocycles. The van der Waals surface area contributed by atoms with Gasteiger partial charge in [0.2, 0.25) is 0 Å². The van der Waals surface area contributed by atoms with Crippen molar-refractivity contribution in [3.63, 3.8) is 0 Å². The molecule has 0 amide bonds. The second-order valence-electron chi connectivity index (χ2n) is 2.24. The Labute approximate surface area is 77.4 Å². The average Bonchev–Trinajstić information content (AvgIpc) is 2.45. The van der Waals surface area contributed by atoms with Crippen molar-refractivity contribution in [3.8, 4) is 0 Å². The van der Waals surface area contributed by atoms with E-state index in [0.717, 1.165) is 27.3 Å². The fraction of sp³-hybridized carbons (Fsp3) is 0.143. The zero-order valence-electron chi connectivity index (χ0n) is 5.51. The summed E-state index contributed by atoms with van der Waals surface area (Å²) < 4.78 is 0.836. The molecule has 1 aromatic rings. The molecule has 1 aromatic heterocycles. The molecule has 1 aliphatic heterocycles. The third-order valence-corrected chi connectivity index (χ3v) is 2.81. The molecule has 0 spiro atoms. The first kappa shape index (κ1) is 7.25. The maximum absolute atomic E-state index is 5.97. The number of hydrogen-bond donors (Lipinski definition) is 0. The summed E-state index contributed by atoms with van der Waals surface area (Å²) in [5.41, 5.74) is 1.01. The molecule has 56 valence electrons. The molecule has 0 N–H and O–H groups in total. The Kier molecular flexibility index (Phi) is 1.69. The van der Waals surface area contributed by atoms with E-state index in [1.54, 1.807) is 6.20 Å². The van der Waals surface area contributed by atoms with Gasteiger partial charge in [-0.1, -0.05) is 11.6 Å². The van der Waals surface area contributed by atoms with Gasteiger partial charge >= 0.3 is 0 Å². The van der Waals surface area contributed by atoms with Crippen molar-refractivity contribution in [2.45, 2.75) is 6.42 Å². The van der Waals surface area contributed by atoms with Crippen LogP contribution in [0.3, 0.4) is 0 Å². The van der Waals surface area contributed by atoms with Crippen LogP contribution >= 0.6 is 27.5 Å². The Bertz CT molecular complexity index is 335. The molecule has 0 aromatic carbocycles. The van der Waals surface area contributed by atoms with Crippen molar-refractivity contribution in [2.24, 2.45) is 4.99 Å². The van der Waals surface area contributed by atoms with Gasteiger partial charge in [0.25, 0.3) is 0 Å². The Hall–Kier alpha value is -0.410. The van der Waals surface area contributed by atoms with Crippen molar-refractivity contribution in [1.82, 2.24) is 4.98 Å². The van der Waals surface area contributed by atoms with E-state index < -0.39 is 0 Å². The number of aromatic nitrogens is 1. The second kappa shape index (κ2) is 2.57. The van der Waals surface area contributed by atoms with Gasteiger partial charge in [0, 0.05) is 24.4 Å². The van der Waals surface area contributed by atoms with E-state index in [1.165, 1.54) is 0 Å². The summed E-state index contributed by atoms with van der Waals surface area (Å²) in [6, 6.07) is 0. The van der Waals surface area contributed by atoms with Gasteiger partial charge in [-0.05, 0) is 15.9 Å². The van der Waals surface area contributed by atoms with E-state index in [9.17, 15) is 0 Å². The molecular weight excluding hydrogens is 227 g/mol. The highest BCUT2D eigenvalue weighted by Crippen LogP contribution is 2.33. The van der Waals surface area contributed by atoms with Gasteiger partial charge in [-0.2, -0.15) is 0 Å². The second-order valence-corrected chi connectivity index (χ2v) is 3.47. The number of halogens is 2. The summed E-state index contributed by atoms with van der Waals surface area (Å²) in [5.74, 6) is 0.748. The number of nitrogens with zero attached hydrogens (tertiary/aromatic N) is 2. The summed E-state index contributed by atoms with van der Waals surface area (Å²) in [6.07, 6.45) is 4.28. The molecule has 0 bridgehead atoms. The fourth-order valence-corrected chi connectivity index (χ4v) is 1.56. The van der Waals surface area contributed by atoms with E-state index in [1.807, 2.05) is 6.21 Å². The summed E-state index contributed by atoms with van der Waals surface area (Å²) in [7, 11) is 0. The molecule has 0 aliphatic carbocycles. The van der Waals surface area contributed by atoms with Crippen LogP contribution in [0.25, 0.3) is 0 Å². The minimum Gasteiger partial charge on any atom is -0.241 e. The Balaban J connectivity index is 2.67. The highest BCUT2D eigenvalue weighted by atomic mass is 79.9. The van der Waals surface area contributed by atoms with Crippen LogP contribution in [0, 0.1) is 0 Å². The zero-order chi connectivity index (χ0) is 7.84. The molecule has 0 fully saturated rings. The third-order valence-electron chi connectivity index (χ3n) is 1.55. The molecule has 0 atom stereocenters. The van der Waals surface area contributed by atoms with Crippen molar-refractivity contribution >= 4 is 39.6 Å². The van der Waals surface area contributed by atoms with Gasteiger partial charge < -0.3 is 0 Å². The highest BCUT2D eigenvalue weighted by Gasteiger charge is 2.13. The molecule has 0 saturated heterocycles. The molecule has 4 heteroatoms. The molecular formula is C7H4BrClN2. The quantitative estimate of drug-likeness (QED) is 0.674. The summed E-state index contributed by atoms with van der Waals surface area (Å²) in [5, 5.41) is 0.729.